The third-order valence-corrected chi connectivity index (χ3v) is 2.45. The van der Waals surface area contributed by atoms with Gasteiger partial charge in [-0.25, -0.2) is 9.97 Å². The van der Waals surface area contributed by atoms with E-state index in [1.807, 2.05) is 4.40 Å². The lowest BCUT2D eigenvalue weighted by atomic mass is 10.6. The largest absolute Gasteiger partial charge is 0.290 e. The summed E-state index contributed by atoms with van der Waals surface area (Å²) in [5.74, 6) is 0. The smallest absolute Gasteiger partial charge is 0.154 e. The van der Waals surface area contributed by atoms with Crippen LogP contribution in [0.4, 0.5) is 0 Å². The van der Waals surface area contributed by atoms with Crippen LogP contribution in [-0.4, -0.2) is 14.4 Å². The van der Waals surface area contributed by atoms with Gasteiger partial charge in [0, 0.05) is 0 Å². The molecule has 2 aromatic heterocycles. The van der Waals surface area contributed by atoms with E-state index in [2.05, 4.69) is 32.6 Å². The molecule has 0 aliphatic heterocycles. The Kier molecular flexibility index (Phi) is 1.72. The second-order valence-corrected chi connectivity index (χ2v) is 3.48. The summed E-state index contributed by atoms with van der Waals surface area (Å²) in [7, 11) is 0. The van der Waals surface area contributed by atoms with Crippen molar-refractivity contribution in [1.29, 1.82) is 0 Å². The molecule has 0 saturated heterocycles. The van der Waals surface area contributed by atoms with Gasteiger partial charge in [-0.2, -0.15) is 0 Å². The lowest BCUT2D eigenvalue weighted by Gasteiger charge is -1.96. The predicted molar refractivity (Wildman–Crippen MR) is 50.7 cm³/mol. The first kappa shape index (κ1) is 7.30. The van der Waals surface area contributed by atoms with Gasteiger partial charge in [0.25, 0.3) is 0 Å². The van der Waals surface area contributed by atoms with Crippen LogP contribution in [0.1, 0.15) is 0 Å². The molecule has 11 heavy (non-hydrogen) atoms. The van der Waals surface area contributed by atoms with Crippen LogP contribution in [0.25, 0.3) is 5.52 Å². The number of imidazole rings is 1. The fourth-order valence-corrected chi connectivity index (χ4v) is 1.57. The van der Waals surface area contributed by atoms with E-state index in [0.717, 1.165) is 9.22 Å². The van der Waals surface area contributed by atoms with Gasteiger partial charge in [0.1, 0.15) is 15.5 Å². The van der Waals surface area contributed by atoms with E-state index in [1.54, 1.807) is 18.7 Å². The molecule has 0 bridgehead atoms. The van der Waals surface area contributed by atoms with Gasteiger partial charge in [-0.15, -0.1) is 0 Å². The van der Waals surface area contributed by atoms with E-state index < -0.39 is 0 Å². The van der Waals surface area contributed by atoms with Crippen LogP contribution in [0.15, 0.2) is 18.7 Å². The minimum absolute atomic E-state index is 0.489. The second kappa shape index (κ2) is 2.60. The molecule has 56 valence electrons. The highest BCUT2D eigenvalue weighted by atomic mass is 127. The molecule has 0 N–H and O–H groups in total. The van der Waals surface area contributed by atoms with E-state index in [1.165, 1.54) is 0 Å². The zero-order chi connectivity index (χ0) is 7.84. The van der Waals surface area contributed by atoms with Gasteiger partial charge in [0.15, 0.2) is 5.15 Å². The standard InChI is InChI=1S/C6H3ClIN3/c7-6-4-1-9-3-11(4)5(8)2-10-6/h1-3H. The highest BCUT2D eigenvalue weighted by Gasteiger charge is 2.01. The maximum absolute atomic E-state index is 5.80. The van der Waals surface area contributed by atoms with Crippen molar-refractivity contribution < 1.29 is 0 Å². The summed E-state index contributed by atoms with van der Waals surface area (Å²) in [4.78, 5) is 7.93. The molecule has 0 fully saturated rings. The Morgan fingerprint density at radius 2 is 2.27 bits per heavy atom. The van der Waals surface area contributed by atoms with Gasteiger partial charge >= 0.3 is 0 Å². The average molecular weight is 279 g/mol. The van der Waals surface area contributed by atoms with Gasteiger partial charge in [0.2, 0.25) is 0 Å². The fourth-order valence-electron chi connectivity index (χ4n) is 0.856. The van der Waals surface area contributed by atoms with Gasteiger partial charge in [-0.1, -0.05) is 11.6 Å². The van der Waals surface area contributed by atoms with Crippen LogP contribution in [-0.2, 0) is 0 Å². The summed E-state index contributed by atoms with van der Waals surface area (Å²) in [5, 5.41) is 0.489. The molecule has 0 radical (unpaired) electrons. The Morgan fingerprint density at radius 3 is 3.00 bits per heavy atom. The zero-order valence-corrected chi connectivity index (χ0v) is 8.24. The number of fused-ring (bicyclic) bond motifs is 1. The number of halogens is 2. The second-order valence-electron chi connectivity index (χ2n) is 2.02. The SMILES string of the molecule is Clc1ncc(I)n2cncc12. The topological polar surface area (TPSA) is 30.2 Å². The lowest BCUT2D eigenvalue weighted by molar-refractivity contribution is 1.07. The molecule has 0 atom stereocenters. The highest BCUT2D eigenvalue weighted by molar-refractivity contribution is 14.1. The molecular formula is C6H3ClIN3. The average Bonchev–Trinajstić information content (AvgIpc) is 2.45. The number of rotatable bonds is 0. The molecule has 0 unspecified atom stereocenters. The summed E-state index contributed by atoms with van der Waals surface area (Å²) in [6.45, 7) is 0. The van der Waals surface area contributed by atoms with Crippen molar-refractivity contribution in [1.82, 2.24) is 14.4 Å². The molecule has 2 aromatic rings. The van der Waals surface area contributed by atoms with Gasteiger partial charge in [0.05, 0.1) is 12.4 Å². The summed E-state index contributed by atoms with van der Waals surface area (Å²) in [6.07, 6.45) is 5.11. The van der Waals surface area contributed by atoms with Crippen molar-refractivity contribution in [2.45, 2.75) is 0 Å². The van der Waals surface area contributed by atoms with Crippen molar-refractivity contribution in [3.63, 3.8) is 0 Å². The van der Waals surface area contributed by atoms with Gasteiger partial charge in [-0.05, 0) is 22.6 Å². The van der Waals surface area contributed by atoms with Crippen LogP contribution >= 0.6 is 34.2 Å². The Morgan fingerprint density at radius 1 is 1.45 bits per heavy atom. The minimum Gasteiger partial charge on any atom is -0.290 e. The molecule has 2 heterocycles. The first-order chi connectivity index (χ1) is 5.29. The zero-order valence-electron chi connectivity index (χ0n) is 5.33. The van der Waals surface area contributed by atoms with Gasteiger partial charge < -0.3 is 0 Å². The predicted octanol–water partition coefficient (Wildman–Crippen LogP) is 1.99. The fraction of sp³-hybridized carbons (Fsp3) is 0. The Bertz CT molecular complexity index is 362. The molecule has 0 amide bonds. The molecule has 2 rings (SSSR count). The van der Waals surface area contributed by atoms with Crippen molar-refractivity contribution in [2.24, 2.45) is 0 Å². The minimum atomic E-state index is 0.489. The van der Waals surface area contributed by atoms with E-state index in [9.17, 15) is 0 Å². The summed E-state index contributed by atoms with van der Waals surface area (Å²) in [5.41, 5.74) is 0.846. The van der Waals surface area contributed by atoms with E-state index in [-0.39, 0.29) is 0 Å². The van der Waals surface area contributed by atoms with Crippen LogP contribution in [0.3, 0.4) is 0 Å². The highest BCUT2D eigenvalue weighted by Crippen LogP contribution is 2.15. The summed E-state index contributed by atoms with van der Waals surface area (Å²) < 4.78 is 2.88. The van der Waals surface area contributed by atoms with E-state index in [0.29, 0.717) is 5.15 Å². The summed E-state index contributed by atoms with van der Waals surface area (Å²) in [6, 6.07) is 0. The number of hydrogen-bond acceptors (Lipinski definition) is 2. The number of aromatic nitrogens is 3. The molecule has 0 aliphatic rings. The summed E-state index contributed by atoms with van der Waals surface area (Å²) >= 11 is 7.97. The van der Waals surface area contributed by atoms with E-state index >= 15 is 0 Å². The molecule has 0 aliphatic carbocycles. The Hall–Kier alpha value is -0.360. The molecule has 5 heteroatoms. The maximum atomic E-state index is 5.80. The van der Waals surface area contributed by atoms with Crippen molar-refractivity contribution in [3.8, 4) is 0 Å². The molecule has 3 nitrogen and oxygen atoms in total. The molecule has 0 saturated carbocycles. The van der Waals surface area contributed by atoms with Gasteiger partial charge in [-0.3, -0.25) is 4.40 Å². The van der Waals surface area contributed by atoms with E-state index in [4.69, 9.17) is 11.6 Å². The van der Waals surface area contributed by atoms with Crippen molar-refractivity contribution in [2.75, 3.05) is 0 Å². The quantitative estimate of drug-likeness (QED) is 0.690. The monoisotopic (exact) mass is 279 g/mol. The number of hydrogen-bond donors (Lipinski definition) is 0. The van der Waals surface area contributed by atoms with Crippen molar-refractivity contribution in [3.05, 3.63) is 27.6 Å². The lowest BCUT2D eigenvalue weighted by Crippen LogP contribution is -1.90. The van der Waals surface area contributed by atoms with Crippen LogP contribution in [0, 0.1) is 3.70 Å². The molecule has 0 aromatic carbocycles. The first-order valence-electron chi connectivity index (χ1n) is 2.91. The van der Waals surface area contributed by atoms with Crippen LogP contribution in [0.5, 0.6) is 0 Å². The molecular weight excluding hydrogens is 276 g/mol. The normalized spacial score (nSPS) is 10.7. The molecule has 0 spiro atoms. The Labute approximate surface area is 81.6 Å². The third-order valence-electron chi connectivity index (χ3n) is 1.36. The maximum Gasteiger partial charge on any atom is 0.154 e. The third kappa shape index (κ3) is 1.10. The number of nitrogens with zero attached hydrogens (tertiary/aromatic N) is 3. The van der Waals surface area contributed by atoms with Crippen molar-refractivity contribution >= 4 is 39.7 Å². The first-order valence-corrected chi connectivity index (χ1v) is 4.37. The Balaban J connectivity index is 2.96. The van der Waals surface area contributed by atoms with Crippen LogP contribution in [0.2, 0.25) is 5.15 Å². The van der Waals surface area contributed by atoms with Crippen LogP contribution < -0.4 is 0 Å².